The van der Waals surface area contributed by atoms with Crippen molar-refractivity contribution in [3.8, 4) is 0 Å². The van der Waals surface area contributed by atoms with E-state index in [-0.39, 0.29) is 19.1 Å². The third-order valence-corrected chi connectivity index (χ3v) is 5.03. The predicted octanol–water partition coefficient (Wildman–Crippen LogP) is 4.18. The fraction of sp³-hybridized carbons (Fsp3) is 0.200. The van der Waals surface area contributed by atoms with Crippen molar-refractivity contribution < 1.29 is 19.4 Å². The second-order valence-electron chi connectivity index (χ2n) is 7.42. The lowest BCUT2D eigenvalue weighted by Gasteiger charge is -2.18. The number of alkyl carbamates (subject to hydrolysis) is 1. The van der Waals surface area contributed by atoms with E-state index < -0.39 is 12.1 Å². The molecule has 0 unspecified atom stereocenters. The van der Waals surface area contributed by atoms with Gasteiger partial charge in [-0.25, -0.2) is 4.79 Å². The number of amides is 2. The summed E-state index contributed by atoms with van der Waals surface area (Å²) in [6.45, 7) is 1.92. The number of para-hydroxylation sites is 1. The van der Waals surface area contributed by atoms with E-state index in [0.29, 0.717) is 17.7 Å². The van der Waals surface area contributed by atoms with E-state index in [1.165, 1.54) is 0 Å². The molecule has 0 saturated heterocycles. The van der Waals surface area contributed by atoms with Crippen LogP contribution in [0.3, 0.4) is 0 Å². The van der Waals surface area contributed by atoms with E-state index >= 15 is 0 Å². The van der Waals surface area contributed by atoms with Crippen LogP contribution >= 0.6 is 0 Å². The molecule has 0 heterocycles. The van der Waals surface area contributed by atoms with E-state index in [1.807, 2.05) is 31.2 Å². The SMILES string of the molecule is Cc1ccccc1NC(=O)c1ccc([C@@H](CCO)NC(=O)OCc2ccc(N)cc2)cc1. The number of aryl methyl sites for hydroxylation is 1. The normalized spacial score (nSPS) is 11.4. The van der Waals surface area contributed by atoms with Crippen LogP contribution in [0.5, 0.6) is 0 Å². The number of hydrogen-bond donors (Lipinski definition) is 4. The summed E-state index contributed by atoms with van der Waals surface area (Å²) >= 11 is 0. The Balaban J connectivity index is 1.60. The van der Waals surface area contributed by atoms with Gasteiger partial charge in [0.05, 0.1) is 6.04 Å². The summed E-state index contributed by atoms with van der Waals surface area (Å²) < 4.78 is 5.27. The van der Waals surface area contributed by atoms with Gasteiger partial charge in [-0.2, -0.15) is 0 Å². The summed E-state index contributed by atoms with van der Waals surface area (Å²) in [6.07, 6.45) is -0.284. The monoisotopic (exact) mass is 433 g/mol. The Bertz CT molecular complexity index is 1050. The number of carbonyl (C=O) groups is 2. The number of benzene rings is 3. The second-order valence-corrected chi connectivity index (χ2v) is 7.42. The summed E-state index contributed by atoms with van der Waals surface area (Å²) in [5.41, 5.74) is 10.1. The van der Waals surface area contributed by atoms with Gasteiger partial charge in [-0.15, -0.1) is 0 Å². The molecule has 0 bridgehead atoms. The Morgan fingerprint density at radius 2 is 1.69 bits per heavy atom. The maximum absolute atomic E-state index is 12.5. The molecule has 0 spiro atoms. The summed E-state index contributed by atoms with van der Waals surface area (Å²) in [6, 6.07) is 21.0. The van der Waals surface area contributed by atoms with Crippen LogP contribution < -0.4 is 16.4 Å². The van der Waals surface area contributed by atoms with Crippen molar-refractivity contribution in [1.29, 1.82) is 0 Å². The van der Waals surface area contributed by atoms with Gasteiger partial charge in [0.2, 0.25) is 0 Å². The van der Waals surface area contributed by atoms with Gasteiger partial charge in [-0.1, -0.05) is 42.5 Å². The van der Waals surface area contributed by atoms with Crippen LogP contribution in [-0.4, -0.2) is 23.7 Å². The molecular formula is C25H27N3O4. The zero-order valence-corrected chi connectivity index (χ0v) is 17.9. The van der Waals surface area contributed by atoms with Crippen LogP contribution in [-0.2, 0) is 11.3 Å². The predicted molar refractivity (Wildman–Crippen MR) is 124 cm³/mol. The number of carbonyl (C=O) groups excluding carboxylic acids is 2. The molecule has 32 heavy (non-hydrogen) atoms. The minimum atomic E-state index is -0.596. The van der Waals surface area contributed by atoms with Crippen LogP contribution in [0.4, 0.5) is 16.2 Å². The van der Waals surface area contributed by atoms with Crippen molar-refractivity contribution in [3.05, 3.63) is 95.1 Å². The Morgan fingerprint density at radius 3 is 2.34 bits per heavy atom. The van der Waals surface area contributed by atoms with Crippen LogP contribution in [0.2, 0.25) is 0 Å². The fourth-order valence-electron chi connectivity index (χ4n) is 3.17. The lowest BCUT2D eigenvalue weighted by molar-refractivity contribution is 0.102. The van der Waals surface area contributed by atoms with Crippen molar-refractivity contribution in [3.63, 3.8) is 0 Å². The highest BCUT2D eigenvalue weighted by molar-refractivity contribution is 6.04. The van der Waals surface area contributed by atoms with E-state index in [4.69, 9.17) is 10.5 Å². The molecule has 0 radical (unpaired) electrons. The first kappa shape index (κ1) is 22.8. The fourth-order valence-corrected chi connectivity index (χ4v) is 3.17. The first-order valence-electron chi connectivity index (χ1n) is 10.3. The molecule has 0 aliphatic heterocycles. The third-order valence-electron chi connectivity index (χ3n) is 5.03. The number of nitrogens with two attached hydrogens (primary N) is 1. The number of anilines is 2. The van der Waals surface area contributed by atoms with Crippen molar-refractivity contribution in [1.82, 2.24) is 5.32 Å². The van der Waals surface area contributed by atoms with Gasteiger partial charge in [-0.3, -0.25) is 4.79 Å². The van der Waals surface area contributed by atoms with Gasteiger partial charge < -0.3 is 26.2 Å². The van der Waals surface area contributed by atoms with Gasteiger partial charge in [0.1, 0.15) is 6.61 Å². The van der Waals surface area contributed by atoms with Crippen molar-refractivity contribution >= 4 is 23.4 Å². The summed E-state index contributed by atoms with van der Waals surface area (Å²) in [5, 5.41) is 15.1. The Labute approximate surface area is 187 Å². The molecule has 0 aliphatic carbocycles. The Kier molecular flexibility index (Phi) is 7.83. The van der Waals surface area contributed by atoms with Crippen LogP contribution in [0, 0.1) is 6.92 Å². The highest BCUT2D eigenvalue weighted by Crippen LogP contribution is 2.19. The van der Waals surface area contributed by atoms with E-state index in [2.05, 4.69) is 10.6 Å². The lowest BCUT2D eigenvalue weighted by Crippen LogP contribution is -2.29. The molecule has 7 nitrogen and oxygen atoms in total. The molecule has 3 rings (SSSR count). The zero-order valence-electron chi connectivity index (χ0n) is 17.9. The smallest absolute Gasteiger partial charge is 0.407 e. The molecule has 0 aromatic heterocycles. The van der Waals surface area contributed by atoms with E-state index in [9.17, 15) is 14.7 Å². The number of hydrogen-bond acceptors (Lipinski definition) is 5. The second kappa shape index (κ2) is 11.0. The summed E-state index contributed by atoms with van der Waals surface area (Å²) in [5.74, 6) is -0.222. The van der Waals surface area contributed by atoms with Crippen LogP contribution in [0.1, 0.15) is 39.5 Å². The standard InChI is InChI=1S/C25H27N3O4/c1-17-4-2-3-5-22(17)27-24(30)20-10-8-19(9-11-20)23(14-15-29)28-25(31)32-16-18-6-12-21(26)13-7-18/h2-13,23,29H,14-16,26H2,1H3,(H,27,30)(H,28,31)/t23-/m1/s1. The maximum atomic E-state index is 12.5. The molecule has 0 saturated carbocycles. The van der Waals surface area contributed by atoms with Gasteiger partial charge in [0, 0.05) is 23.5 Å². The first-order chi connectivity index (χ1) is 15.5. The van der Waals surface area contributed by atoms with E-state index in [0.717, 1.165) is 22.4 Å². The van der Waals surface area contributed by atoms with Crippen molar-refractivity contribution in [2.45, 2.75) is 26.0 Å². The molecule has 1 atom stereocenters. The average molecular weight is 434 g/mol. The van der Waals surface area contributed by atoms with Crippen molar-refractivity contribution in [2.24, 2.45) is 0 Å². The topological polar surface area (TPSA) is 114 Å². The van der Waals surface area contributed by atoms with Gasteiger partial charge in [0.25, 0.3) is 5.91 Å². The maximum Gasteiger partial charge on any atom is 0.407 e. The number of nitrogen functional groups attached to an aromatic ring is 1. The number of ether oxygens (including phenoxy) is 1. The number of aliphatic hydroxyl groups excluding tert-OH is 1. The Hall–Kier alpha value is -3.84. The Morgan fingerprint density at radius 1 is 1.00 bits per heavy atom. The molecule has 0 fully saturated rings. The average Bonchev–Trinajstić information content (AvgIpc) is 2.80. The molecule has 2 amide bonds. The van der Waals surface area contributed by atoms with Gasteiger partial charge in [-0.05, 0) is 60.4 Å². The lowest BCUT2D eigenvalue weighted by atomic mass is 10.0. The molecule has 3 aromatic rings. The summed E-state index contributed by atoms with van der Waals surface area (Å²) in [4.78, 5) is 24.8. The molecule has 0 aliphatic rings. The number of nitrogens with one attached hydrogen (secondary N) is 2. The molecule has 5 N–H and O–H groups in total. The largest absolute Gasteiger partial charge is 0.445 e. The third kappa shape index (κ3) is 6.33. The van der Waals surface area contributed by atoms with Crippen LogP contribution in [0.15, 0.2) is 72.8 Å². The number of aliphatic hydroxyl groups is 1. The number of rotatable bonds is 8. The summed E-state index contributed by atoms with van der Waals surface area (Å²) in [7, 11) is 0. The molecule has 3 aromatic carbocycles. The van der Waals surface area contributed by atoms with Crippen LogP contribution in [0.25, 0.3) is 0 Å². The highest BCUT2D eigenvalue weighted by atomic mass is 16.5. The minimum Gasteiger partial charge on any atom is -0.445 e. The first-order valence-corrected chi connectivity index (χ1v) is 10.3. The minimum absolute atomic E-state index is 0.107. The zero-order chi connectivity index (χ0) is 22.9. The quantitative estimate of drug-likeness (QED) is 0.398. The van der Waals surface area contributed by atoms with Gasteiger partial charge >= 0.3 is 6.09 Å². The molecular weight excluding hydrogens is 406 g/mol. The van der Waals surface area contributed by atoms with Crippen molar-refractivity contribution in [2.75, 3.05) is 17.7 Å². The highest BCUT2D eigenvalue weighted by Gasteiger charge is 2.16. The molecule has 166 valence electrons. The van der Waals surface area contributed by atoms with E-state index in [1.54, 1.807) is 48.5 Å². The van der Waals surface area contributed by atoms with Gasteiger partial charge in [0.15, 0.2) is 0 Å². The molecule has 7 heteroatoms.